The van der Waals surface area contributed by atoms with E-state index in [9.17, 15) is 0 Å². The quantitative estimate of drug-likeness (QED) is 0.775. The maximum absolute atomic E-state index is 5.93. The lowest BCUT2D eigenvalue weighted by Crippen LogP contribution is -2.37. The topological polar surface area (TPSA) is 80.5 Å². The second-order valence-electron chi connectivity index (χ2n) is 4.91. The van der Waals surface area contributed by atoms with E-state index in [0.29, 0.717) is 0 Å². The summed E-state index contributed by atoms with van der Waals surface area (Å²) in [6, 6.07) is 0. The minimum absolute atomic E-state index is 0.210. The van der Waals surface area contributed by atoms with E-state index in [0.717, 1.165) is 24.7 Å². The largest absolute Gasteiger partial charge is 0.330 e. The fourth-order valence-electron chi connectivity index (χ4n) is 2.78. The molecule has 1 fully saturated rings. The Bertz CT molecular complexity index is 297. The van der Waals surface area contributed by atoms with Crippen molar-refractivity contribution in [1.29, 1.82) is 0 Å². The first-order valence-corrected chi connectivity index (χ1v) is 5.66. The molecule has 0 aromatic carbocycles. The van der Waals surface area contributed by atoms with Gasteiger partial charge in [-0.25, -0.2) is 0 Å². The summed E-state index contributed by atoms with van der Waals surface area (Å²) in [7, 11) is 0. The third kappa shape index (κ3) is 2.34. The first kappa shape index (κ1) is 10.5. The zero-order valence-electron chi connectivity index (χ0n) is 9.24. The van der Waals surface area contributed by atoms with Gasteiger partial charge in [0.25, 0.3) is 0 Å². The van der Waals surface area contributed by atoms with E-state index in [1.54, 1.807) is 0 Å². The molecule has 15 heavy (non-hydrogen) atoms. The number of nitrogens with two attached hydrogens (primary N) is 1. The Morgan fingerprint density at radius 1 is 1.60 bits per heavy atom. The molecule has 2 atom stereocenters. The number of aromatic nitrogens is 4. The normalized spacial score (nSPS) is 31.7. The maximum atomic E-state index is 5.93. The van der Waals surface area contributed by atoms with Gasteiger partial charge in [0.05, 0.1) is 0 Å². The Morgan fingerprint density at radius 3 is 3.07 bits per heavy atom. The van der Waals surface area contributed by atoms with Gasteiger partial charge in [-0.05, 0) is 30.7 Å². The second-order valence-corrected chi connectivity index (χ2v) is 4.91. The summed E-state index contributed by atoms with van der Waals surface area (Å²) in [5.74, 6) is 1.57. The van der Waals surface area contributed by atoms with E-state index >= 15 is 0 Å². The van der Waals surface area contributed by atoms with Crippen LogP contribution in [0.15, 0.2) is 0 Å². The average molecular weight is 209 g/mol. The molecule has 1 saturated carbocycles. The lowest BCUT2D eigenvalue weighted by molar-refractivity contribution is 0.151. The molecular formula is C10H19N5. The Balaban J connectivity index is 2.07. The van der Waals surface area contributed by atoms with Gasteiger partial charge in [0, 0.05) is 6.42 Å². The molecule has 84 valence electrons. The molecule has 5 nitrogen and oxygen atoms in total. The summed E-state index contributed by atoms with van der Waals surface area (Å²) < 4.78 is 0. The Kier molecular flexibility index (Phi) is 3.00. The molecule has 1 aromatic heterocycles. The van der Waals surface area contributed by atoms with Crippen LogP contribution < -0.4 is 5.73 Å². The van der Waals surface area contributed by atoms with E-state index in [-0.39, 0.29) is 5.41 Å². The SMILES string of the molecule is C[C@@H]1CCC[C@@](CN)(Cc2nn[nH]n2)C1. The summed E-state index contributed by atoms with van der Waals surface area (Å²) in [4.78, 5) is 0. The molecule has 0 saturated heterocycles. The van der Waals surface area contributed by atoms with E-state index in [1.807, 2.05) is 0 Å². The molecule has 0 bridgehead atoms. The predicted octanol–water partition coefficient (Wildman–Crippen LogP) is 0.897. The van der Waals surface area contributed by atoms with Gasteiger partial charge in [-0.1, -0.05) is 25.0 Å². The van der Waals surface area contributed by atoms with Crippen LogP contribution in [-0.4, -0.2) is 27.2 Å². The summed E-state index contributed by atoms with van der Waals surface area (Å²) in [5, 5.41) is 14.1. The van der Waals surface area contributed by atoms with Crippen molar-refractivity contribution >= 4 is 0 Å². The predicted molar refractivity (Wildman–Crippen MR) is 57.0 cm³/mol. The van der Waals surface area contributed by atoms with Crippen molar-refractivity contribution in [2.24, 2.45) is 17.1 Å². The van der Waals surface area contributed by atoms with Crippen molar-refractivity contribution in [3.05, 3.63) is 5.82 Å². The summed E-state index contributed by atoms with van der Waals surface area (Å²) in [6.45, 7) is 3.03. The van der Waals surface area contributed by atoms with Crippen LogP contribution in [0.1, 0.15) is 38.4 Å². The van der Waals surface area contributed by atoms with E-state index in [2.05, 4.69) is 27.5 Å². The zero-order chi connectivity index (χ0) is 10.7. The van der Waals surface area contributed by atoms with Crippen molar-refractivity contribution in [2.75, 3.05) is 6.54 Å². The third-order valence-corrected chi connectivity index (χ3v) is 3.54. The Morgan fingerprint density at radius 2 is 2.47 bits per heavy atom. The third-order valence-electron chi connectivity index (χ3n) is 3.54. The van der Waals surface area contributed by atoms with Crippen LogP contribution in [-0.2, 0) is 6.42 Å². The summed E-state index contributed by atoms with van der Waals surface area (Å²) in [5.41, 5.74) is 6.14. The molecule has 5 heteroatoms. The molecule has 0 radical (unpaired) electrons. The van der Waals surface area contributed by atoms with E-state index in [1.165, 1.54) is 25.7 Å². The monoisotopic (exact) mass is 209 g/mol. The minimum atomic E-state index is 0.210. The number of nitrogens with one attached hydrogen (secondary N) is 1. The molecular weight excluding hydrogens is 190 g/mol. The zero-order valence-corrected chi connectivity index (χ0v) is 9.24. The number of nitrogens with zero attached hydrogens (tertiary/aromatic N) is 3. The van der Waals surface area contributed by atoms with Crippen LogP contribution in [0, 0.1) is 11.3 Å². The van der Waals surface area contributed by atoms with Crippen LogP contribution in [0.4, 0.5) is 0 Å². The molecule has 1 aliphatic carbocycles. The van der Waals surface area contributed by atoms with Gasteiger partial charge >= 0.3 is 0 Å². The fraction of sp³-hybridized carbons (Fsp3) is 0.900. The molecule has 1 heterocycles. The van der Waals surface area contributed by atoms with Crippen molar-refractivity contribution in [2.45, 2.75) is 39.0 Å². The Hall–Kier alpha value is -0.970. The van der Waals surface area contributed by atoms with Crippen LogP contribution in [0.3, 0.4) is 0 Å². The van der Waals surface area contributed by atoms with Crippen molar-refractivity contribution in [1.82, 2.24) is 20.6 Å². The van der Waals surface area contributed by atoms with Gasteiger partial charge < -0.3 is 5.73 Å². The number of rotatable bonds is 3. The number of aromatic amines is 1. The molecule has 0 unspecified atom stereocenters. The smallest absolute Gasteiger partial charge is 0.175 e. The molecule has 0 spiro atoms. The first-order valence-electron chi connectivity index (χ1n) is 5.66. The molecule has 1 aliphatic rings. The first-order chi connectivity index (χ1) is 7.24. The maximum Gasteiger partial charge on any atom is 0.175 e. The lowest BCUT2D eigenvalue weighted by atomic mass is 9.68. The highest BCUT2D eigenvalue weighted by Gasteiger charge is 2.34. The molecule has 0 amide bonds. The standard InChI is InChI=1S/C10H19N5/c1-8-3-2-4-10(5-8,7-11)6-9-12-14-15-13-9/h8H,2-7,11H2,1H3,(H,12,13,14,15)/t8-,10+/m1/s1. The van der Waals surface area contributed by atoms with Gasteiger partial charge in [0.15, 0.2) is 5.82 Å². The highest BCUT2D eigenvalue weighted by molar-refractivity contribution is 4.94. The van der Waals surface area contributed by atoms with Crippen LogP contribution in [0.25, 0.3) is 0 Å². The second kappa shape index (κ2) is 4.26. The number of tetrazole rings is 1. The molecule has 1 aromatic rings. The van der Waals surface area contributed by atoms with E-state index < -0.39 is 0 Å². The Labute approximate surface area is 89.8 Å². The lowest BCUT2D eigenvalue weighted by Gasteiger charge is -2.38. The van der Waals surface area contributed by atoms with Crippen molar-refractivity contribution in [3.8, 4) is 0 Å². The number of hydrogen-bond acceptors (Lipinski definition) is 4. The molecule has 3 N–H and O–H groups in total. The highest BCUT2D eigenvalue weighted by Crippen LogP contribution is 2.40. The van der Waals surface area contributed by atoms with Gasteiger partial charge in [0.1, 0.15) is 0 Å². The van der Waals surface area contributed by atoms with Crippen LogP contribution >= 0.6 is 0 Å². The van der Waals surface area contributed by atoms with E-state index in [4.69, 9.17) is 5.73 Å². The van der Waals surface area contributed by atoms with Crippen LogP contribution in [0.2, 0.25) is 0 Å². The highest BCUT2D eigenvalue weighted by atomic mass is 15.5. The number of hydrogen-bond donors (Lipinski definition) is 2. The van der Waals surface area contributed by atoms with Crippen molar-refractivity contribution in [3.63, 3.8) is 0 Å². The van der Waals surface area contributed by atoms with Crippen LogP contribution in [0.5, 0.6) is 0 Å². The summed E-state index contributed by atoms with van der Waals surface area (Å²) >= 11 is 0. The number of H-pyrrole nitrogens is 1. The average Bonchev–Trinajstić information content (AvgIpc) is 2.70. The fourth-order valence-corrected chi connectivity index (χ4v) is 2.78. The van der Waals surface area contributed by atoms with Crippen molar-refractivity contribution < 1.29 is 0 Å². The van der Waals surface area contributed by atoms with Gasteiger partial charge in [-0.15, -0.1) is 10.2 Å². The van der Waals surface area contributed by atoms with Gasteiger partial charge in [-0.2, -0.15) is 5.21 Å². The van der Waals surface area contributed by atoms with Gasteiger partial charge in [-0.3, -0.25) is 0 Å². The molecule has 0 aliphatic heterocycles. The minimum Gasteiger partial charge on any atom is -0.330 e. The van der Waals surface area contributed by atoms with Gasteiger partial charge in [0.2, 0.25) is 0 Å². The molecule has 2 rings (SSSR count). The summed E-state index contributed by atoms with van der Waals surface area (Å²) in [6.07, 6.45) is 5.86.